The van der Waals surface area contributed by atoms with E-state index in [1.807, 2.05) is 6.07 Å². The maximum Gasteiger partial charge on any atom is 0.191 e. The topological polar surface area (TPSA) is 54.9 Å². The highest BCUT2D eigenvalue weighted by Crippen LogP contribution is 2.16. The van der Waals surface area contributed by atoms with Gasteiger partial charge < -0.3 is 20.1 Å². The Morgan fingerprint density at radius 2 is 2.09 bits per heavy atom. The molecule has 0 spiro atoms. The van der Waals surface area contributed by atoms with Crippen LogP contribution in [0.1, 0.15) is 12.0 Å². The van der Waals surface area contributed by atoms with Crippen molar-refractivity contribution in [1.82, 2.24) is 10.6 Å². The molecule has 1 rings (SSSR count). The van der Waals surface area contributed by atoms with Gasteiger partial charge in [0, 0.05) is 33.9 Å². The fourth-order valence-electron chi connectivity index (χ4n) is 1.68. The number of benzene rings is 1. The number of guanidine groups is 1. The number of aliphatic imine (C=N–C) groups is 1. The van der Waals surface area contributed by atoms with Gasteiger partial charge in [-0.15, -0.1) is 0 Å². The second kappa shape index (κ2) is 11.4. The zero-order chi connectivity index (χ0) is 16.2. The van der Waals surface area contributed by atoms with Crippen LogP contribution in [-0.2, 0) is 16.0 Å². The highest BCUT2D eigenvalue weighted by molar-refractivity contribution is 9.10. The van der Waals surface area contributed by atoms with Crippen LogP contribution in [0.25, 0.3) is 0 Å². The molecule has 0 bridgehead atoms. The van der Waals surface area contributed by atoms with Gasteiger partial charge in [-0.2, -0.15) is 0 Å². The fourth-order valence-corrected chi connectivity index (χ4v) is 1.93. The molecule has 0 saturated carbocycles. The summed E-state index contributed by atoms with van der Waals surface area (Å²) in [5, 5.41) is 6.32. The number of hydrogen-bond donors (Lipinski definition) is 2. The Morgan fingerprint density at radius 3 is 2.77 bits per heavy atom. The van der Waals surface area contributed by atoms with E-state index in [4.69, 9.17) is 9.47 Å². The molecule has 0 aliphatic heterocycles. The number of halogens is 2. The van der Waals surface area contributed by atoms with Crippen LogP contribution < -0.4 is 10.6 Å². The first-order chi connectivity index (χ1) is 10.7. The molecule has 0 unspecified atom stereocenters. The Labute approximate surface area is 139 Å². The molecule has 0 aliphatic rings. The summed E-state index contributed by atoms with van der Waals surface area (Å²) >= 11 is 3.14. The molecule has 1 aromatic rings. The van der Waals surface area contributed by atoms with E-state index < -0.39 is 0 Å². The standard InChI is InChI=1S/C15H23BrFN3O2/c1-18-15(19-6-3-7-22-9-8-21-2)20-11-12-4-5-13(16)14(17)10-12/h4-5,10H,3,6-9,11H2,1-2H3,(H2,18,19,20). The van der Waals surface area contributed by atoms with Gasteiger partial charge in [0.15, 0.2) is 5.96 Å². The van der Waals surface area contributed by atoms with Crippen LogP contribution in [0, 0.1) is 5.82 Å². The fraction of sp³-hybridized carbons (Fsp3) is 0.533. The van der Waals surface area contributed by atoms with Crippen LogP contribution in [-0.4, -0.2) is 46.5 Å². The normalized spacial score (nSPS) is 11.5. The highest BCUT2D eigenvalue weighted by atomic mass is 79.9. The van der Waals surface area contributed by atoms with Crippen molar-refractivity contribution in [1.29, 1.82) is 0 Å². The van der Waals surface area contributed by atoms with Crippen molar-refractivity contribution in [2.75, 3.05) is 40.5 Å². The molecule has 0 aromatic heterocycles. The Balaban J connectivity index is 2.21. The summed E-state index contributed by atoms with van der Waals surface area (Å²) in [7, 11) is 3.35. The number of methoxy groups -OCH3 is 1. The van der Waals surface area contributed by atoms with Gasteiger partial charge in [0.1, 0.15) is 5.82 Å². The summed E-state index contributed by atoms with van der Waals surface area (Å²) in [6, 6.07) is 5.05. The molecule has 0 aliphatic carbocycles. The second-order valence-electron chi connectivity index (χ2n) is 4.56. The van der Waals surface area contributed by atoms with E-state index in [1.54, 1.807) is 20.2 Å². The lowest BCUT2D eigenvalue weighted by atomic mass is 10.2. The van der Waals surface area contributed by atoms with Gasteiger partial charge in [-0.3, -0.25) is 4.99 Å². The van der Waals surface area contributed by atoms with Crippen LogP contribution in [0.4, 0.5) is 4.39 Å². The second-order valence-corrected chi connectivity index (χ2v) is 5.41. The van der Waals surface area contributed by atoms with Crippen LogP contribution in [0.3, 0.4) is 0 Å². The lowest BCUT2D eigenvalue weighted by Crippen LogP contribution is -2.37. The van der Waals surface area contributed by atoms with Gasteiger partial charge in [-0.1, -0.05) is 6.07 Å². The summed E-state index contributed by atoms with van der Waals surface area (Å²) < 4.78 is 24.1. The van der Waals surface area contributed by atoms with Crippen molar-refractivity contribution >= 4 is 21.9 Å². The summed E-state index contributed by atoms with van der Waals surface area (Å²) in [5.41, 5.74) is 0.853. The van der Waals surface area contributed by atoms with Crippen molar-refractivity contribution in [3.63, 3.8) is 0 Å². The molecule has 0 amide bonds. The molecule has 0 heterocycles. The smallest absolute Gasteiger partial charge is 0.191 e. The molecular weight excluding hydrogens is 353 g/mol. The number of ether oxygens (including phenoxy) is 2. The predicted molar refractivity (Wildman–Crippen MR) is 89.6 cm³/mol. The summed E-state index contributed by atoms with van der Waals surface area (Å²) in [4.78, 5) is 4.12. The quantitative estimate of drug-likeness (QED) is 0.395. The van der Waals surface area contributed by atoms with Crippen molar-refractivity contribution in [3.05, 3.63) is 34.1 Å². The van der Waals surface area contributed by atoms with Crippen molar-refractivity contribution in [2.24, 2.45) is 4.99 Å². The molecule has 1 aromatic carbocycles. The number of nitrogens with one attached hydrogen (secondary N) is 2. The molecule has 22 heavy (non-hydrogen) atoms. The van der Waals surface area contributed by atoms with E-state index in [1.165, 1.54) is 6.07 Å². The van der Waals surface area contributed by atoms with E-state index in [2.05, 4.69) is 31.6 Å². The average molecular weight is 376 g/mol. The molecule has 5 nitrogen and oxygen atoms in total. The summed E-state index contributed by atoms with van der Waals surface area (Å²) in [5.74, 6) is 0.413. The Kier molecular flexibility index (Phi) is 9.77. The van der Waals surface area contributed by atoms with E-state index in [-0.39, 0.29) is 5.82 Å². The highest BCUT2D eigenvalue weighted by Gasteiger charge is 2.02. The zero-order valence-electron chi connectivity index (χ0n) is 13.0. The van der Waals surface area contributed by atoms with Crippen LogP contribution in [0.2, 0.25) is 0 Å². The minimum Gasteiger partial charge on any atom is -0.382 e. The van der Waals surface area contributed by atoms with Crippen molar-refractivity contribution < 1.29 is 13.9 Å². The van der Waals surface area contributed by atoms with Crippen LogP contribution >= 0.6 is 15.9 Å². The number of hydrogen-bond acceptors (Lipinski definition) is 3. The van der Waals surface area contributed by atoms with Gasteiger partial charge >= 0.3 is 0 Å². The Morgan fingerprint density at radius 1 is 1.27 bits per heavy atom. The minimum atomic E-state index is -0.268. The SMILES string of the molecule is CN=C(NCCCOCCOC)NCc1ccc(Br)c(F)c1. The van der Waals surface area contributed by atoms with E-state index in [0.717, 1.165) is 18.5 Å². The molecule has 0 radical (unpaired) electrons. The average Bonchev–Trinajstić information content (AvgIpc) is 2.52. The maximum atomic E-state index is 13.4. The van der Waals surface area contributed by atoms with Gasteiger partial charge in [-0.25, -0.2) is 4.39 Å². The lowest BCUT2D eigenvalue weighted by Gasteiger charge is -2.12. The first kappa shape index (κ1) is 18.9. The first-order valence-corrected chi connectivity index (χ1v) is 7.91. The molecule has 2 N–H and O–H groups in total. The van der Waals surface area contributed by atoms with Gasteiger partial charge in [0.25, 0.3) is 0 Å². The monoisotopic (exact) mass is 375 g/mol. The molecular formula is C15H23BrFN3O2. The minimum absolute atomic E-state index is 0.268. The third-order valence-corrected chi connectivity index (χ3v) is 3.50. The molecule has 0 atom stereocenters. The maximum absolute atomic E-state index is 13.4. The molecule has 0 fully saturated rings. The van der Waals surface area contributed by atoms with Gasteiger partial charge in [0.2, 0.25) is 0 Å². The van der Waals surface area contributed by atoms with Crippen molar-refractivity contribution in [3.8, 4) is 0 Å². The largest absolute Gasteiger partial charge is 0.382 e. The van der Waals surface area contributed by atoms with Crippen molar-refractivity contribution in [2.45, 2.75) is 13.0 Å². The van der Waals surface area contributed by atoms with Gasteiger partial charge in [-0.05, 0) is 40.0 Å². The van der Waals surface area contributed by atoms with E-state index in [0.29, 0.717) is 36.8 Å². The van der Waals surface area contributed by atoms with E-state index in [9.17, 15) is 4.39 Å². The lowest BCUT2D eigenvalue weighted by molar-refractivity contribution is 0.0698. The van der Waals surface area contributed by atoms with E-state index >= 15 is 0 Å². The number of nitrogens with zero attached hydrogens (tertiary/aromatic N) is 1. The number of rotatable bonds is 9. The molecule has 7 heteroatoms. The predicted octanol–water partition coefficient (Wildman–Crippen LogP) is 2.31. The third kappa shape index (κ3) is 7.72. The summed E-state index contributed by atoms with van der Waals surface area (Å²) in [6.07, 6.45) is 0.872. The van der Waals surface area contributed by atoms with Gasteiger partial charge in [0.05, 0.1) is 17.7 Å². The third-order valence-electron chi connectivity index (χ3n) is 2.86. The van der Waals surface area contributed by atoms with Crippen LogP contribution in [0.5, 0.6) is 0 Å². The molecule has 0 saturated heterocycles. The van der Waals surface area contributed by atoms with Crippen LogP contribution in [0.15, 0.2) is 27.7 Å². The zero-order valence-corrected chi connectivity index (χ0v) is 14.6. The summed E-state index contributed by atoms with van der Waals surface area (Å²) in [6.45, 7) is 3.15. The Hall–Kier alpha value is -1.18. The first-order valence-electron chi connectivity index (χ1n) is 7.12. The Bertz CT molecular complexity index is 472. The molecule has 124 valence electrons.